The lowest BCUT2D eigenvalue weighted by molar-refractivity contribution is 0.777. The number of rotatable bonds is 5. The van der Waals surface area contributed by atoms with Gasteiger partial charge < -0.3 is 0 Å². The number of nitriles is 1. The summed E-state index contributed by atoms with van der Waals surface area (Å²) in [6.45, 7) is 0. The van der Waals surface area contributed by atoms with E-state index in [0.717, 1.165) is 23.0 Å². The zero-order valence-electron chi connectivity index (χ0n) is 11.8. The predicted octanol–water partition coefficient (Wildman–Crippen LogP) is 2.97. The first-order valence-electron chi connectivity index (χ1n) is 6.76. The highest BCUT2D eigenvalue weighted by molar-refractivity contribution is 7.97. The van der Waals surface area contributed by atoms with Gasteiger partial charge in [0.2, 0.25) is 0 Å². The summed E-state index contributed by atoms with van der Waals surface area (Å²) in [7, 11) is 0. The molecule has 22 heavy (non-hydrogen) atoms. The molecule has 0 radical (unpaired) electrons. The van der Waals surface area contributed by atoms with Gasteiger partial charge in [0.1, 0.15) is 0 Å². The number of aromatic nitrogens is 4. The normalized spacial score (nSPS) is 10.3. The third-order valence-electron chi connectivity index (χ3n) is 3.12. The molecule has 0 amide bonds. The maximum absolute atomic E-state index is 8.79. The summed E-state index contributed by atoms with van der Waals surface area (Å²) in [5, 5.41) is 20.7. The summed E-state index contributed by atoms with van der Waals surface area (Å²) in [4.78, 5) is 0. The lowest BCUT2D eigenvalue weighted by Gasteiger charge is -2.04. The molecular weight excluding hydrogens is 294 g/mol. The molecule has 2 aromatic carbocycles. The maximum atomic E-state index is 8.79. The highest BCUT2D eigenvalue weighted by atomic mass is 32.2. The summed E-state index contributed by atoms with van der Waals surface area (Å²) < 4.78 is 1.76. The summed E-state index contributed by atoms with van der Waals surface area (Å²) in [5.74, 6) is 2.40. The van der Waals surface area contributed by atoms with Crippen LogP contribution in [0.4, 0.5) is 0 Å². The van der Waals surface area contributed by atoms with Crippen molar-refractivity contribution in [2.24, 2.45) is 0 Å². The van der Waals surface area contributed by atoms with Gasteiger partial charge in [-0.05, 0) is 40.3 Å². The van der Waals surface area contributed by atoms with E-state index in [1.807, 2.05) is 54.6 Å². The molecule has 0 aliphatic heterocycles. The lowest BCUT2D eigenvalue weighted by Crippen LogP contribution is -2.01. The molecule has 0 aliphatic carbocycles. The molecule has 0 saturated carbocycles. The van der Waals surface area contributed by atoms with Gasteiger partial charge in [-0.1, -0.05) is 30.3 Å². The third-order valence-corrected chi connectivity index (χ3v) is 4.12. The summed E-state index contributed by atoms with van der Waals surface area (Å²) in [5.41, 5.74) is 2.82. The van der Waals surface area contributed by atoms with Crippen LogP contribution in [0.25, 0.3) is 5.69 Å². The maximum Gasteiger partial charge on any atom is 0.166 e. The SMILES string of the molecule is N#Cc1ccc(CSCc2nnnn2-c2ccccc2)cc1. The van der Waals surface area contributed by atoms with E-state index in [4.69, 9.17) is 5.26 Å². The first-order chi connectivity index (χ1) is 10.9. The third kappa shape index (κ3) is 3.32. The molecule has 0 fully saturated rings. The first-order valence-corrected chi connectivity index (χ1v) is 7.92. The van der Waals surface area contributed by atoms with Crippen molar-refractivity contribution in [3.63, 3.8) is 0 Å². The lowest BCUT2D eigenvalue weighted by atomic mass is 10.2. The van der Waals surface area contributed by atoms with E-state index in [-0.39, 0.29) is 0 Å². The zero-order valence-corrected chi connectivity index (χ0v) is 12.6. The van der Waals surface area contributed by atoms with E-state index < -0.39 is 0 Å². The fraction of sp³-hybridized carbons (Fsp3) is 0.125. The van der Waals surface area contributed by atoms with Crippen LogP contribution in [-0.4, -0.2) is 20.2 Å². The van der Waals surface area contributed by atoms with Crippen LogP contribution in [0.5, 0.6) is 0 Å². The minimum absolute atomic E-state index is 0.682. The van der Waals surface area contributed by atoms with Crippen molar-refractivity contribution < 1.29 is 0 Å². The van der Waals surface area contributed by atoms with E-state index in [9.17, 15) is 0 Å². The molecule has 0 aliphatic rings. The molecule has 5 nitrogen and oxygen atoms in total. The van der Waals surface area contributed by atoms with Crippen molar-refractivity contribution in [2.45, 2.75) is 11.5 Å². The summed E-state index contributed by atoms with van der Waals surface area (Å²) in [6, 6.07) is 19.6. The average molecular weight is 307 g/mol. The fourth-order valence-electron chi connectivity index (χ4n) is 2.00. The van der Waals surface area contributed by atoms with Crippen molar-refractivity contribution in [3.8, 4) is 11.8 Å². The second-order valence-electron chi connectivity index (χ2n) is 4.64. The van der Waals surface area contributed by atoms with Crippen LogP contribution in [0.1, 0.15) is 17.0 Å². The van der Waals surface area contributed by atoms with Gasteiger partial charge in [0.05, 0.1) is 23.1 Å². The molecule has 3 aromatic rings. The van der Waals surface area contributed by atoms with Crippen LogP contribution in [0.3, 0.4) is 0 Å². The van der Waals surface area contributed by atoms with Crippen molar-refractivity contribution in [2.75, 3.05) is 0 Å². The van der Waals surface area contributed by atoms with Crippen LogP contribution in [0.15, 0.2) is 54.6 Å². The van der Waals surface area contributed by atoms with E-state index in [0.29, 0.717) is 5.56 Å². The van der Waals surface area contributed by atoms with Gasteiger partial charge >= 0.3 is 0 Å². The van der Waals surface area contributed by atoms with Gasteiger partial charge in [-0.25, -0.2) is 0 Å². The largest absolute Gasteiger partial charge is 0.196 e. The molecule has 3 rings (SSSR count). The van der Waals surface area contributed by atoms with Crippen molar-refractivity contribution in [3.05, 3.63) is 71.5 Å². The van der Waals surface area contributed by atoms with E-state index in [1.54, 1.807) is 16.4 Å². The van der Waals surface area contributed by atoms with Gasteiger partial charge in [-0.3, -0.25) is 0 Å². The number of hydrogen-bond donors (Lipinski definition) is 0. The molecule has 1 heterocycles. The minimum atomic E-state index is 0.682. The van der Waals surface area contributed by atoms with Crippen LogP contribution in [0, 0.1) is 11.3 Å². The van der Waals surface area contributed by atoms with Crippen molar-refractivity contribution >= 4 is 11.8 Å². The van der Waals surface area contributed by atoms with E-state index >= 15 is 0 Å². The van der Waals surface area contributed by atoms with E-state index in [1.165, 1.54) is 5.56 Å². The monoisotopic (exact) mass is 307 g/mol. The standard InChI is InChI=1S/C16H13N5S/c17-10-13-6-8-14(9-7-13)11-22-12-16-18-19-20-21(16)15-4-2-1-3-5-15/h1-9H,11-12H2. The quantitative estimate of drug-likeness (QED) is 0.725. The molecule has 108 valence electrons. The molecule has 0 N–H and O–H groups in total. The minimum Gasteiger partial charge on any atom is -0.196 e. The van der Waals surface area contributed by atoms with E-state index in [2.05, 4.69) is 21.6 Å². The Kier molecular flexibility index (Phi) is 4.47. The zero-order chi connectivity index (χ0) is 15.2. The smallest absolute Gasteiger partial charge is 0.166 e. The molecule has 0 atom stereocenters. The molecule has 6 heteroatoms. The second kappa shape index (κ2) is 6.87. The van der Waals surface area contributed by atoms with Crippen molar-refractivity contribution in [1.29, 1.82) is 5.26 Å². The Balaban J connectivity index is 1.63. The summed E-state index contributed by atoms with van der Waals surface area (Å²) >= 11 is 1.74. The fourth-order valence-corrected chi connectivity index (χ4v) is 2.89. The number of nitrogens with zero attached hydrogens (tertiary/aromatic N) is 5. The number of hydrogen-bond acceptors (Lipinski definition) is 5. The number of para-hydroxylation sites is 1. The van der Waals surface area contributed by atoms with Gasteiger partial charge in [-0.15, -0.1) is 16.9 Å². The Hall–Kier alpha value is -2.65. The van der Waals surface area contributed by atoms with Crippen LogP contribution < -0.4 is 0 Å². The highest BCUT2D eigenvalue weighted by Crippen LogP contribution is 2.18. The number of thioether (sulfide) groups is 1. The van der Waals surface area contributed by atoms with Crippen LogP contribution in [0.2, 0.25) is 0 Å². The summed E-state index contributed by atoms with van der Waals surface area (Å²) in [6.07, 6.45) is 0. The Morgan fingerprint density at radius 3 is 2.50 bits per heavy atom. The molecule has 0 unspecified atom stereocenters. The van der Waals surface area contributed by atoms with Crippen LogP contribution in [-0.2, 0) is 11.5 Å². The van der Waals surface area contributed by atoms with Gasteiger partial charge in [0.25, 0.3) is 0 Å². The second-order valence-corrected chi connectivity index (χ2v) is 5.63. The first kappa shape index (κ1) is 14.3. The Morgan fingerprint density at radius 1 is 1.00 bits per heavy atom. The van der Waals surface area contributed by atoms with Gasteiger partial charge in [0.15, 0.2) is 5.82 Å². The van der Waals surface area contributed by atoms with Gasteiger partial charge in [-0.2, -0.15) is 9.94 Å². The predicted molar refractivity (Wildman–Crippen MR) is 85.3 cm³/mol. The molecule has 0 spiro atoms. The molecule has 1 aromatic heterocycles. The Labute approximate surface area is 132 Å². The molecule has 0 saturated heterocycles. The Morgan fingerprint density at radius 2 is 1.77 bits per heavy atom. The topological polar surface area (TPSA) is 67.4 Å². The number of tetrazole rings is 1. The van der Waals surface area contributed by atoms with Gasteiger partial charge in [0, 0.05) is 5.75 Å². The highest BCUT2D eigenvalue weighted by Gasteiger charge is 2.07. The molecular formula is C16H13N5S. The van der Waals surface area contributed by atoms with Crippen molar-refractivity contribution in [1.82, 2.24) is 20.2 Å². The average Bonchev–Trinajstić information content (AvgIpc) is 3.05. The van der Waals surface area contributed by atoms with Crippen LogP contribution >= 0.6 is 11.8 Å². The number of benzene rings is 2. The molecule has 0 bridgehead atoms. The Bertz CT molecular complexity index is 774.